The first-order chi connectivity index (χ1) is 38.0. The van der Waals surface area contributed by atoms with E-state index in [4.69, 9.17) is 0 Å². The van der Waals surface area contributed by atoms with E-state index in [0.717, 1.165) is 38.5 Å². The number of likely N-dealkylation sites (tertiary alicyclic amines) is 1. The molecule has 0 aromatic rings. The predicted octanol–water partition coefficient (Wildman–Crippen LogP) is 4.52. The van der Waals surface area contributed by atoms with Crippen LogP contribution >= 0.6 is 0 Å². The highest BCUT2D eigenvalue weighted by Crippen LogP contribution is 2.29. The maximum absolute atomic E-state index is 14.5. The van der Waals surface area contributed by atoms with Gasteiger partial charge in [0.1, 0.15) is 46.8 Å². The maximum Gasteiger partial charge on any atom is 0.246 e. The van der Waals surface area contributed by atoms with E-state index in [-0.39, 0.29) is 79.7 Å². The first-order valence-electron chi connectivity index (χ1n) is 30.4. The average molecular weight is 1160 g/mol. The Balaban J connectivity index is 2.26. The summed E-state index contributed by atoms with van der Waals surface area (Å²) >= 11 is 0. The Bertz CT molecular complexity index is 2190. The van der Waals surface area contributed by atoms with Gasteiger partial charge in [0.15, 0.2) is 0 Å². The molecule has 9 N–H and O–H groups in total. The predicted molar refractivity (Wildman–Crippen MR) is 320 cm³/mol. The third-order valence-corrected chi connectivity index (χ3v) is 15.2. The molecule has 0 spiro atoms. The second kappa shape index (κ2) is 33.6. The van der Waals surface area contributed by atoms with Crippen LogP contribution in [0.4, 0.5) is 0 Å². The topological polar surface area (TPSA) is 285 Å². The molecule has 0 aromatic heterocycles. The van der Waals surface area contributed by atoms with Crippen molar-refractivity contribution in [3.8, 4) is 0 Å². The molecule has 1 aliphatic heterocycles. The van der Waals surface area contributed by atoms with Crippen LogP contribution in [0.15, 0.2) is 12.2 Å². The summed E-state index contributed by atoms with van der Waals surface area (Å²) in [4.78, 5) is 142. The molecule has 0 aromatic carbocycles. The minimum absolute atomic E-state index is 0.0304. The van der Waals surface area contributed by atoms with Crippen molar-refractivity contribution in [1.82, 2.24) is 57.7 Å². The number of carbonyl (C=O) groups is 10. The van der Waals surface area contributed by atoms with Gasteiger partial charge in [0.25, 0.3) is 0 Å². The Morgan fingerprint density at radius 1 is 0.598 bits per heavy atom. The summed E-state index contributed by atoms with van der Waals surface area (Å²) < 4.78 is 0. The summed E-state index contributed by atoms with van der Waals surface area (Å²) in [6, 6.07) is -5.29. The molecule has 21 heteroatoms. The van der Waals surface area contributed by atoms with E-state index in [1.54, 1.807) is 4.90 Å². The average Bonchev–Trinajstić information content (AvgIpc) is 3.79. The number of nitrogens with zero attached hydrogens (tertiary/aromatic N) is 2. The number of amides is 10. The Morgan fingerprint density at radius 3 is 1.59 bits per heavy atom. The van der Waals surface area contributed by atoms with Crippen LogP contribution in [-0.4, -0.2) is 155 Å². The van der Waals surface area contributed by atoms with Gasteiger partial charge in [-0.1, -0.05) is 107 Å². The molecule has 8 atom stereocenters. The molecule has 0 bridgehead atoms. The normalized spacial score (nSPS) is 18.5. The van der Waals surface area contributed by atoms with E-state index in [1.807, 2.05) is 94.3 Å². The molecule has 468 valence electrons. The second-order valence-electron chi connectivity index (χ2n) is 26.8. The molecule has 1 saturated heterocycles. The Hall–Kier alpha value is -5.60. The molecule has 10 amide bonds. The number of rotatable bonds is 33. The minimum Gasteiger partial charge on any atom is -0.354 e. The van der Waals surface area contributed by atoms with Gasteiger partial charge in [-0.2, -0.15) is 0 Å². The van der Waals surface area contributed by atoms with Crippen LogP contribution in [0.5, 0.6) is 0 Å². The first kappa shape index (κ1) is 72.5. The van der Waals surface area contributed by atoms with Crippen molar-refractivity contribution in [2.24, 2.45) is 35.5 Å². The largest absolute Gasteiger partial charge is 0.354 e. The van der Waals surface area contributed by atoms with Gasteiger partial charge in [-0.05, 0) is 143 Å². The number of likely N-dealkylation sites (N-methyl/N-ethyl adjacent to an activating group) is 1. The molecule has 82 heavy (non-hydrogen) atoms. The van der Waals surface area contributed by atoms with E-state index >= 15 is 0 Å². The number of hydrogen-bond acceptors (Lipinski definition) is 11. The number of hydrogen-bond donors (Lipinski definition) is 9. The molecule has 2 fully saturated rings. The van der Waals surface area contributed by atoms with Crippen molar-refractivity contribution in [2.75, 3.05) is 33.7 Å². The van der Waals surface area contributed by atoms with Crippen LogP contribution in [0.25, 0.3) is 0 Å². The Morgan fingerprint density at radius 2 is 1.09 bits per heavy atom. The van der Waals surface area contributed by atoms with Crippen molar-refractivity contribution in [2.45, 2.75) is 247 Å². The van der Waals surface area contributed by atoms with Gasteiger partial charge >= 0.3 is 0 Å². The third-order valence-electron chi connectivity index (χ3n) is 15.2. The summed E-state index contributed by atoms with van der Waals surface area (Å²) in [5.74, 6) is -5.03. The van der Waals surface area contributed by atoms with E-state index in [1.165, 1.54) is 47.6 Å². The fourth-order valence-electron chi connectivity index (χ4n) is 10.3. The van der Waals surface area contributed by atoms with Crippen molar-refractivity contribution < 1.29 is 47.9 Å². The van der Waals surface area contributed by atoms with Gasteiger partial charge < -0.3 is 57.7 Å². The fraction of sp³-hybridized carbons (Fsp3) is 0.803. The van der Waals surface area contributed by atoms with Gasteiger partial charge in [-0.15, -0.1) is 0 Å². The highest BCUT2D eigenvalue weighted by molar-refractivity contribution is 6.00. The van der Waals surface area contributed by atoms with E-state index in [2.05, 4.69) is 47.9 Å². The fourth-order valence-corrected chi connectivity index (χ4v) is 10.3. The van der Waals surface area contributed by atoms with Gasteiger partial charge in [-0.3, -0.25) is 47.9 Å². The quantitative estimate of drug-likeness (QED) is 0.0412. The minimum atomic E-state index is -1.63. The number of nitrogens with one attached hydrogen (secondary N) is 9. The van der Waals surface area contributed by atoms with Gasteiger partial charge in [0.2, 0.25) is 59.1 Å². The zero-order chi connectivity index (χ0) is 62.4. The highest BCUT2D eigenvalue weighted by Gasteiger charge is 2.42. The van der Waals surface area contributed by atoms with Crippen LogP contribution < -0.4 is 47.9 Å². The first-order valence-corrected chi connectivity index (χ1v) is 30.4. The van der Waals surface area contributed by atoms with Gasteiger partial charge in [0, 0.05) is 32.1 Å². The number of allylic oxidation sites excluding steroid dienone is 1. The molecule has 1 heterocycles. The lowest BCUT2D eigenvalue weighted by Gasteiger charge is -2.34. The standard InChI is InChI=1S/C61H109N11O10/c1-19-40(8)25-28-50(74)72-35-41(9)34-48(72)55(79)64-44(27-26-43-23-21-20-22-24-43)51(75)65-46(32-38(4)5)53(77)68-60(13,14)57(81)67-45(31-37(2)3)52(76)66-47(33-39(6)7)54(78)69-61(15,16)58(82)70-59(11,12)56(80)62-30-29-49(73)63-42(10)36-71(17)18/h25,28,37-48H,19-24,26-27,29-36H2,1-18H3,(H,62,80)(H,63,73)(H,64,79)(H,65,75)(H,66,76)(H,67,81)(H,68,77)(H,69,78)(H,70,82)/b28-25+/t40-,41-,42-,44-,45-,46-,47-,48-/m0/s1. The summed E-state index contributed by atoms with van der Waals surface area (Å²) in [6.45, 7) is 29.2. The van der Waals surface area contributed by atoms with Crippen LogP contribution in [0.1, 0.15) is 194 Å². The molecule has 21 nitrogen and oxygen atoms in total. The van der Waals surface area contributed by atoms with Crippen LogP contribution in [0, 0.1) is 35.5 Å². The monoisotopic (exact) mass is 1160 g/mol. The zero-order valence-corrected chi connectivity index (χ0v) is 53.4. The SMILES string of the molecule is CC[C@H](C)/C=C/C(=O)N1C[C@@H](C)C[C@H]1C(=O)N[C@@H](CCC1CCCCC1)C(=O)N[C@@H](CC(C)C)C(=O)NC(C)(C)C(=O)N[C@@H](CC(C)C)C(=O)N[C@@H](CC(C)C)C(=O)NC(C)(C)C(=O)NC(C)(C)C(=O)NCCC(=O)N[C@@H](C)CN(C)C. The van der Waals surface area contributed by atoms with Crippen molar-refractivity contribution in [1.29, 1.82) is 0 Å². The molecule has 2 aliphatic rings. The zero-order valence-electron chi connectivity index (χ0n) is 53.4. The van der Waals surface area contributed by atoms with Crippen molar-refractivity contribution in [3.05, 3.63) is 12.2 Å². The van der Waals surface area contributed by atoms with Crippen LogP contribution in [-0.2, 0) is 47.9 Å². The van der Waals surface area contributed by atoms with E-state index in [0.29, 0.717) is 38.3 Å². The van der Waals surface area contributed by atoms with Gasteiger partial charge in [-0.25, -0.2) is 0 Å². The molecule has 0 radical (unpaired) electrons. The maximum atomic E-state index is 14.5. The summed E-state index contributed by atoms with van der Waals surface area (Å²) in [6.07, 6.45) is 11.7. The molecular formula is C61H109N11O10. The van der Waals surface area contributed by atoms with Crippen molar-refractivity contribution >= 4 is 59.1 Å². The second-order valence-corrected chi connectivity index (χ2v) is 26.8. The lowest BCUT2D eigenvalue weighted by molar-refractivity contribution is -0.139. The van der Waals surface area contributed by atoms with Crippen molar-refractivity contribution in [3.63, 3.8) is 0 Å². The summed E-state index contributed by atoms with van der Waals surface area (Å²) in [7, 11) is 3.80. The third kappa shape index (κ3) is 25.5. The Labute approximate surface area is 491 Å². The number of carbonyl (C=O) groups excluding carboxylic acids is 10. The molecule has 1 saturated carbocycles. The highest BCUT2D eigenvalue weighted by atomic mass is 16.2. The Kier molecular flexibility index (Phi) is 29.7. The van der Waals surface area contributed by atoms with Crippen LogP contribution in [0.2, 0.25) is 0 Å². The molecule has 2 rings (SSSR count). The smallest absolute Gasteiger partial charge is 0.246 e. The van der Waals surface area contributed by atoms with E-state index in [9.17, 15) is 47.9 Å². The summed E-state index contributed by atoms with van der Waals surface area (Å²) in [5, 5.41) is 25.3. The lowest BCUT2D eigenvalue weighted by atomic mass is 9.85. The molecule has 0 unspecified atom stereocenters. The molecular weight excluding hydrogens is 1050 g/mol. The molecule has 1 aliphatic carbocycles. The lowest BCUT2D eigenvalue weighted by Crippen LogP contribution is -2.65. The van der Waals surface area contributed by atoms with Crippen LogP contribution in [0.3, 0.4) is 0 Å². The summed E-state index contributed by atoms with van der Waals surface area (Å²) in [5.41, 5.74) is -4.65. The van der Waals surface area contributed by atoms with Gasteiger partial charge in [0.05, 0.1) is 0 Å². The van der Waals surface area contributed by atoms with E-state index < -0.39 is 94.1 Å².